The SMILES string of the molecule is O=C(NCCN1C(=O)S/C(=C\c2ccccc2F)C1=O)c1cc([N+](=O)[O-])ccc1Cl. The highest BCUT2D eigenvalue weighted by molar-refractivity contribution is 8.18. The summed E-state index contributed by atoms with van der Waals surface area (Å²) in [5.41, 5.74) is -0.218. The van der Waals surface area contributed by atoms with E-state index >= 15 is 0 Å². The van der Waals surface area contributed by atoms with Gasteiger partial charge in [0.1, 0.15) is 5.82 Å². The van der Waals surface area contributed by atoms with Crippen molar-refractivity contribution in [1.82, 2.24) is 10.2 Å². The molecule has 154 valence electrons. The molecule has 0 spiro atoms. The number of non-ortho nitro benzene ring substituents is 1. The maximum atomic E-state index is 13.8. The second-order valence-electron chi connectivity index (χ2n) is 6.03. The van der Waals surface area contributed by atoms with Crippen LogP contribution >= 0.6 is 23.4 Å². The summed E-state index contributed by atoms with van der Waals surface area (Å²) in [5.74, 6) is -1.81. The Morgan fingerprint density at radius 1 is 1.27 bits per heavy atom. The van der Waals surface area contributed by atoms with Crippen LogP contribution in [0.25, 0.3) is 6.08 Å². The molecule has 2 aromatic rings. The standard InChI is InChI=1S/C19H13ClFN3O5S/c20-14-6-5-12(24(28)29)10-13(14)17(25)22-7-8-23-18(26)16(30-19(23)27)9-11-3-1-2-4-15(11)21/h1-6,9-10H,7-8H2,(H,22,25)/b16-9-. The largest absolute Gasteiger partial charge is 0.350 e. The highest BCUT2D eigenvalue weighted by Gasteiger charge is 2.34. The number of amides is 3. The predicted octanol–water partition coefficient (Wildman–Crippen LogP) is 3.85. The Balaban J connectivity index is 1.64. The molecule has 1 saturated heterocycles. The van der Waals surface area contributed by atoms with Crippen molar-refractivity contribution in [3.05, 3.63) is 79.5 Å². The predicted molar refractivity (Wildman–Crippen MR) is 110 cm³/mol. The number of rotatable bonds is 6. The van der Waals surface area contributed by atoms with E-state index in [4.69, 9.17) is 11.6 Å². The highest BCUT2D eigenvalue weighted by atomic mass is 35.5. The van der Waals surface area contributed by atoms with Gasteiger partial charge in [-0.15, -0.1) is 0 Å². The second kappa shape index (κ2) is 9.06. The van der Waals surface area contributed by atoms with E-state index < -0.39 is 27.8 Å². The third kappa shape index (κ3) is 4.66. The lowest BCUT2D eigenvalue weighted by atomic mass is 10.2. The average Bonchev–Trinajstić information content (AvgIpc) is 2.97. The number of hydrogen-bond donors (Lipinski definition) is 1. The van der Waals surface area contributed by atoms with Crippen LogP contribution in [0, 0.1) is 15.9 Å². The van der Waals surface area contributed by atoms with E-state index in [1.807, 2.05) is 0 Å². The van der Waals surface area contributed by atoms with Gasteiger partial charge >= 0.3 is 0 Å². The zero-order valence-corrected chi connectivity index (χ0v) is 16.7. The van der Waals surface area contributed by atoms with Gasteiger partial charge in [0.25, 0.3) is 22.7 Å². The molecule has 0 unspecified atom stereocenters. The Hall–Kier alpha value is -3.24. The molecule has 2 aromatic carbocycles. The maximum Gasteiger partial charge on any atom is 0.293 e. The molecule has 1 aliphatic rings. The molecule has 1 fully saturated rings. The maximum absolute atomic E-state index is 13.8. The Kier molecular flexibility index (Phi) is 6.48. The summed E-state index contributed by atoms with van der Waals surface area (Å²) in [4.78, 5) is 48.0. The molecule has 8 nitrogen and oxygen atoms in total. The number of nitrogens with zero attached hydrogens (tertiary/aromatic N) is 2. The lowest BCUT2D eigenvalue weighted by molar-refractivity contribution is -0.384. The smallest absolute Gasteiger partial charge is 0.293 e. The molecule has 0 saturated carbocycles. The number of carbonyl (C=O) groups is 3. The van der Waals surface area contributed by atoms with E-state index in [0.717, 1.165) is 11.0 Å². The van der Waals surface area contributed by atoms with Gasteiger partial charge in [0.05, 0.1) is 20.4 Å². The number of imide groups is 1. The zero-order valence-electron chi connectivity index (χ0n) is 15.1. The number of nitro benzene ring substituents is 1. The number of thioether (sulfide) groups is 1. The van der Waals surface area contributed by atoms with Crippen molar-refractivity contribution in [3.63, 3.8) is 0 Å². The van der Waals surface area contributed by atoms with Gasteiger partial charge in [0.15, 0.2) is 0 Å². The van der Waals surface area contributed by atoms with Crippen LogP contribution < -0.4 is 5.32 Å². The van der Waals surface area contributed by atoms with Crippen LogP contribution in [0.2, 0.25) is 5.02 Å². The number of nitrogens with one attached hydrogen (secondary N) is 1. The van der Waals surface area contributed by atoms with Gasteiger partial charge < -0.3 is 5.32 Å². The summed E-state index contributed by atoms with van der Waals surface area (Å²) in [6.45, 7) is -0.222. The number of benzene rings is 2. The van der Waals surface area contributed by atoms with Gasteiger partial charge in [-0.25, -0.2) is 4.39 Å². The lowest BCUT2D eigenvalue weighted by Crippen LogP contribution is -2.37. The van der Waals surface area contributed by atoms with Crippen LogP contribution in [-0.2, 0) is 4.79 Å². The molecule has 0 bridgehead atoms. The van der Waals surface area contributed by atoms with E-state index in [-0.39, 0.29) is 39.8 Å². The molecular weight excluding hydrogens is 437 g/mol. The Morgan fingerprint density at radius 3 is 2.70 bits per heavy atom. The van der Waals surface area contributed by atoms with Crippen LogP contribution in [0.4, 0.5) is 14.9 Å². The third-order valence-electron chi connectivity index (χ3n) is 4.09. The van der Waals surface area contributed by atoms with Gasteiger partial charge in [-0.1, -0.05) is 29.8 Å². The summed E-state index contributed by atoms with van der Waals surface area (Å²) in [5, 5.41) is 12.8. The van der Waals surface area contributed by atoms with Crippen molar-refractivity contribution in [2.75, 3.05) is 13.1 Å². The fourth-order valence-corrected chi connectivity index (χ4v) is 3.66. The van der Waals surface area contributed by atoms with Crippen LogP contribution in [0.15, 0.2) is 47.4 Å². The Bertz CT molecular complexity index is 1090. The van der Waals surface area contributed by atoms with Gasteiger partial charge in [-0.3, -0.25) is 29.4 Å². The highest BCUT2D eigenvalue weighted by Crippen LogP contribution is 2.32. The molecule has 1 N–H and O–H groups in total. The monoisotopic (exact) mass is 449 g/mol. The van der Waals surface area contributed by atoms with E-state index in [0.29, 0.717) is 11.8 Å². The lowest BCUT2D eigenvalue weighted by Gasteiger charge is -2.13. The van der Waals surface area contributed by atoms with E-state index in [9.17, 15) is 28.9 Å². The van der Waals surface area contributed by atoms with Crippen molar-refractivity contribution < 1.29 is 23.7 Å². The van der Waals surface area contributed by atoms with Gasteiger partial charge in [-0.05, 0) is 30.0 Å². The van der Waals surface area contributed by atoms with Gasteiger partial charge in [-0.2, -0.15) is 0 Å². The average molecular weight is 450 g/mol. The topological polar surface area (TPSA) is 110 Å². The van der Waals surface area contributed by atoms with Crippen LogP contribution in [-0.4, -0.2) is 40.0 Å². The van der Waals surface area contributed by atoms with Gasteiger partial charge in [0.2, 0.25) is 0 Å². The minimum atomic E-state index is -0.683. The van der Waals surface area contributed by atoms with Crippen LogP contribution in [0.5, 0.6) is 0 Å². The quantitative estimate of drug-likeness (QED) is 0.407. The van der Waals surface area contributed by atoms with Crippen molar-refractivity contribution in [2.45, 2.75) is 0 Å². The first-order chi connectivity index (χ1) is 14.3. The first-order valence-electron chi connectivity index (χ1n) is 8.50. The van der Waals surface area contributed by atoms with Crippen molar-refractivity contribution in [2.24, 2.45) is 0 Å². The first-order valence-corrected chi connectivity index (χ1v) is 9.69. The summed E-state index contributed by atoms with van der Waals surface area (Å²) in [6, 6.07) is 9.27. The Labute approximate surface area is 178 Å². The third-order valence-corrected chi connectivity index (χ3v) is 5.33. The fraction of sp³-hybridized carbons (Fsp3) is 0.105. The molecular formula is C19H13ClFN3O5S. The second-order valence-corrected chi connectivity index (χ2v) is 7.43. The summed E-state index contributed by atoms with van der Waals surface area (Å²) in [6.07, 6.45) is 1.29. The number of carbonyl (C=O) groups excluding carboxylic acids is 3. The Morgan fingerprint density at radius 2 is 2.00 bits per heavy atom. The molecule has 1 aliphatic heterocycles. The number of nitro groups is 1. The molecule has 3 amide bonds. The van der Waals surface area contributed by atoms with E-state index in [1.54, 1.807) is 6.07 Å². The molecule has 0 atom stereocenters. The summed E-state index contributed by atoms with van der Waals surface area (Å²) < 4.78 is 13.8. The van der Waals surface area contributed by atoms with Crippen LogP contribution in [0.1, 0.15) is 15.9 Å². The molecule has 30 heavy (non-hydrogen) atoms. The van der Waals surface area contributed by atoms with Gasteiger partial charge in [0, 0.05) is 30.8 Å². The summed E-state index contributed by atoms with van der Waals surface area (Å²) in [7, 11) is 0. The number of hydrogen-bond acceptors (Lipinski definition) is 6. The minimum Gasteiger partial charge on any atom is -0.350 e. The zero-order chi connectivity index (χ0) is 21.8. The molecule has 0 aliphatic carbocycles. The van der Waals surface area contributed by atoms with Crippen LogP contribution in [0.3, 0.4) is 0 Å². The normalized spacial score (nSPS) is 15.0. The van der Waals surface area contributed by atoms with Crippen molar-refractivity contribution >= 4 is 52.2 Å². The molecule has 0 radical (unpaired) electrons. The minimum absolute atomic E-state index is 0.0251. The van der Waals surface area contributed by atoms with Crippen molar-refractivity contribution in [1.29, 1.82) is 0 Å². The van der Waals surface area contributed by atoms with Crippen molar-refractivity contribution in [3.8, 4) is 0 Å². The molecule has 1 heterocycles. The first kappa shape index (κ1) is 21.5. The molecule has 0 aromatic heterocycles. The number of halogens is 2. The summed E-state index contributed by atoms with van der Waals surface area (Å²) >= 11 is 6.58. The van der Waals surface area contributed by atoms with E-state index in [2.05, 4.69) is 5.32 Å². The fourth-order valence-electron chi connectivity index (χ4n) is 2.60. The molecule has 11 heteroatoms. The van der Waals surface area contributed by atoms with E-state index in [1.165, 1.54) is 36.4 Å². The molecule has 3 rings (SSSR count).